The van der Waals surface area contributed by atoms with Crippen molar-refractivity contribution in [2.45, 2.75) is 6.92 Å². The van der Waals surface area contributed by atoms with Crippen molar-refractivity contribution in [2.24, 2.45) is 0 Å². The minimum atomic E-state index is -0.723. The second kappa shape index (κ2) is 6.44. The Balaban J connectivity index is 1.81. The molecule has 1 amide bonds. The van der Waals surface area contributed by atoms with Crippen molar-refractivity contribution in [3.63, 3.8) is 0 Å². The van der Waals surface area contributed by atoms with Crippen molar-refractivity contribution in [1.82, 2.24) is 4.98 Å². The minimum Gasteiger partial charge on any atom is -0.502 e. The number of anilines is 1. The maximum Gasteiger partial charge on any atom is 0.310 e. The first-order chi connectivity index (χ1) is 11.9. The largest absolute Gasteiger partial charge is 0.502 e. The Morgan fingerprint density at radius 2 is 2.08 bits per heavy atom. The van der Waals surface area contributed by atoms with E-state index in [4.69, 9.17) is 4.42 Å². The molecule has 0 aliphatic carbocycles. The molecule has 0 radical (unpaired) electrons. The highest BCUT2D eigenvalue weighted by atomic mass is 16.6. The smallest absolute Gasteiger partial charge is 0.310 e. The molecule has 1 heterocycles. The van der Waals surface area contributed by atoms with Crippen molar-refractivity contribution < 1.29 is 19.2 Å². The molecule has 3 aromatic rings. The number of aromatic nitrogens is 1. The van der Waals surface area contributed by atoms with Gasteiger partial charge in [-0.2, -0.15) is 0 Å². The minimum absolute atomic E-state index is 0.0977. The van der Waals surface area contributed by atoms with Crippen LogP contribution in [0, 0.1) is 17.0 Å². The third kappa shape index (κ3) is 3.47. The summed E-state index contributed by atoms with van der Waals surface area (Å²) in [5.74, 6) is 0.0277. The molecule has 0 saturated carbocycles. The van der Waals surface area contributed by atoms with Gasteiger partial charge in [-0.1, -0.05) is 6.07 Å². The normalized spacial score (nSPS) is 10.4. The molecular weight excluding hydrogens is 326 g/mol. The number of rotatable bonds is 4. The zero-order valence-electron chi connectivity index (χ0n) is 13.1. The molecule has 0 spiro atoms. The Labute approximate surface area is 141 Å². The molecule has 1 aromatic heterocycles. The van der Waals surface area contributed by atoms with Crippen LogP contribution in [0.1, 0.15) is 16.1 Å². The van der Waals surface area contributed by atoms with Gasteiger partial charge in [0.1, 0.15) is 5.76 Å². The summed E-state index contributed by atoms with van der Waals surface area (Å²) in [5.41, 5.74) is 0.826. The highest BCUT2D eigenvalue weighted by molar-refractivity contribution is 6.05. The van der Waals surface area contributed by atoms with Gasteiger partial charge in [-0.15, -0.1) is 0 Å². The van der Waals surface area contributed by atoms with E-state index in [0.717, 1.165) is 12.1 Å². The second-order valence-corrected chi connectivity index (χ2v) is 5.27. The van der Waals surface area contributed by atoms with Crippen LogP contribution in [-0.2, 0) is 0 Å². The van der Waals surface area contributed by atoms with Crippen molar-refractivity contribution in [2.75, 3.05) is 5.32 Å². The zero-order valence-corrected chi connectivity index (χ0v) is 13.1. The molecule has 0 aliphatic rings. The fraction of sp³-hybridized carbons (Fsp3) is 0.0588. The summed E-state index contributed by atoms with van der Waals surface area (Å²) in [6, 6.07) is 10.3. The highest BCUT2D eigenvalue weighted by Gasteiger charge is 2.16. The number of hydrogen-bond acceptors (Lipinski definition) is 6. The van der Waals surface area contributed by atoms with Gasteiger partial charge >= 0.3 is 5.69 Å². The topological polar surface area (TPSA) is 118 Å². The van der Waals surface area contributed by atoms with E-state index < -0.39 is 22.3 Å². The van der Waals surface area contributed by atoms with E-state index in [9.17, 15) is 20.0 Å². The number of carbonyl (C=O) groups excluding carboxylic acids is 1. The van der Waals surface area contributed by atoms with Crippen LogP contribution in [0.25, 0.3) is 11.5 Å². The number of amides is 1. The van der Waals surface area contributed by atoms with Gasteiger partial charge in [0.25, 0.3) is 5.91 Å². The van der Waals surface area contributed by atoms with Crippen molar-refractivity contribution in [3.8, 4) is 17.2 Å². The van der Waals surface area contributed by atoms with Gasteiger partial charge < -0.3 is 14.8 Å². The van der Waals surface area contributed by atoms with Crippen LogP contribution in [0.15, 0.2) is 53.1 Å². The molecule has 0 atom stereocenters. The number of phenols is 1. The molecular formula is C17H13N3O5. The number of oxazole rings is 1. The molecule has 2 aromatic carbocycles. The Hall–Kier alpha value is -3.68. The van der Waals surface area contributed by atoms with Gasteiger partial charge in [0.15, 0.2) is 5.75 Å². The average molecular weight is 339 g/mol. The number of hydrogen-bond donors (Lipinski definition) is 2. The number of aryl methyl sites for hydroxylation is 1. The Morgan fingerprint density at radius 1 is 1.28 bits per heavy atom. The van der Waals surface area contributed by atoms with Crippen molar-refractivity contribution >= 4 is 17.3 Å². The lowest BCUT2D eigenvalue weighted by Crippen LogP contribution is -2.11. The summed E-state index contributed by atoms with van der Waals surface area (Å²) in [7, 11) is 0. The Bertz CT molecular complexity index is 964. The van der Waals surface area contributed by atoms with Crippen molar-refractivity contribution in [1.29, 1.82) is 0 Å². The van der Waals surface area contributed by atoms with Crippen LogP contribution < -0.4 is 5.32 Å². The number of benzene rings is 2. The zero-order chi connectivity index (χ0) is 18.0. The van der Waals surface area contributed by atoms with Crippen LogP contribution in [0.4, 0.5) is 11.4 Å². The fourth-order valence-electron chi connectivity index (χ4n) is 2.24. The summed E-state index contributed by atoms with van der Waals surface area (Å²) in [6.45, 7) is 1.78. The van der Waals surface area contributed by atoms with Gasteiger partial charge in [-0.25, -0.2) is 4.98 Å². The molecule has 8 heteroatoms. The van der Waals surface area contributed by atoms with Crippen LogP contribution in [0.2, 0.25) is 0 Å². The Morgan fingerprint density at radius 3 is 2.72 bits per heavy atom. The summed E-state index contributed by atoms with van der Waals surface area (Å²) in [4.78, 5) is 26.4. The quantitative estimate of drug-likeness (QED) is 0.554. The molecule has 126 valence electrons. The predicted molar refractivity (Wildman–Crippen MR) is 89.4 cm³/mol. The summed E-state index contributed by atoms with van der Waals surface area (Å²) in [5, 5.41) is 23.0. The van der Waals surface area contributed by atoms with E-state index in [2.05, 4.69) is 10.3 Å². The molecule has 0 saturated heterocycles. The molecule has 2 N–H and O–H groups in total. The molecule has 0 aliphatic heterocycles. The number of nitrogens with one attached hydrogen (secondary N) is 1. The number of phenolic OH excluding ortho intramolecular Hbond substituents is 1. The number of carbonyl (C=O) groups is 1. The van der Waals surface area contributed by atoms with Gasteiger partial charge in [0.05, 0.1) is 11.1 Å². The van der Waals surface area contributed by atoms with E-state index >= 15 is 0 Å². The Kier molecular flexibility index (Phi) is 4.17. The van der Waals surface area contributed by atoms with Gasteiger partial charge in [-0.3, -0.25) is 14.9 Å². The molecule has 8 nitrogen and oxygen atoms in total. The lowest BCUT2D eigenvalue weighted by Gasteiger charge is -2.07. The third-order valence-corrected chi connectivity index (χ3v) is 3.42. The summed E-state index contributed by atoms with van der Waals surface area (Å²) < 4.78 is 5.44. The lowest BCUT2D eigenvalue weighted by molar-refractivity contribution is -0.385. The molecule has 3 rings (SSSR count). The number of aromatic hydroxyl groups is 1. The number of nitro groups is 1. The molecule has 0 bridgehead atoms. The van der Waals surface area contributed by atoms with Gasteiger partial charge in [0, 0.05) is 22.9 Å². The summed E-state index contributed by atoms with van der Waals surface area (Å²) >= 11 is 0. The SMILES string of the molecule is Cc1cnc(-c2cccc(NC(=O)c3ccc([N+](=O)[O-])c(O)c3)c2)o1. The van der Waals surface area contributed by atoms with Crippen LogP contribution in [0.3, 0.4) is 0 Å². The first-order valence-electron chi connectivity index (χ1n) is 7.25. The molecule has 0 unspecified atom stereocenters. The van der Waals surface area contributed by atoms with E-state index in [-0.39, 0.29) is 5.56 Å². The van der Waals surface area contributed by atoms with Crippen LogP contribution in [0.5, 0.6) is 5.75 Å². The molecule has 0 fully saturated rings. The number of nitro benzene ring substituents is 1. The monoisotopic (exact) mass is 339 g/mol. The van der Waals surface area contributed by atoms with Gasteiger partial charge in [-0.05, 0) is 37.3 Å². The van der Waals surface area contributed by atoms with Gasteiger partial charge in [0.2, 0.25) is 5.89 Å². The third-order valence-electron chi connectivity index (χ3n) is 3.42. The first-order valence-corrected chi connectivity index (χ1v) is 7.25. The van der Waals surface area contributed by atoms with E-state index in [1.807, 2.05) is 0 Å². The van der Waals surface area contributed by atoms with Crippen LogP contribution >= 0.6 is 0 Å². The second-order valence-electron chi connectivity index (χ2n) is 5.27. The van der Waals surface area contributed by atoms with E-state index in [1.165, 1.54) is 6.07 Å². The van der Waals surface area contributed by atoms with Crippen LogP contribution in [-0.4, -0.2) is 20.9 Å². The number of nitrogens with zero attached hydrogens (tertiary/aromatic N) is 2. The predicted octanol–water partition coefficient (Wildman–Crippen LogP) is 3.52. The standard InChI is InChI=1S/C17H13N3O5/c1-10-9-18-17(25-10)12-3-2-4-13(7-12)19-16(22)11-5-6-14(20(23)24)15(21)8-11/h2-9,21H,1H3,(H,19,22). The highest BCUT2D eigenvalue weighted by Crippen LogP contribution is 2.27. The summed E-state index contributed by atoms with van der Waals surface area (Å²) in [6.07, 6.45) is 1.60. The fourth-order valence-corrected chi connectivity index (χ4v) is 2.24. The van der Waals surface area contributed by atoms with E-state index in [1.54, 1.807) is 37.4 Å². The average Bonchev–Trinajstić information content (AvgIpc) is 3.01. The maximum atomic E-state index is 12.3. The van der Waals surface area contributed by atoms with E-state index in [0.29, 0.717) is 22.9 Å². The maximum absolute atomic E-state index is 12.3. The lowest BCUT2D eigenvalue weighted by atomic mass is 10.1. The van der Waals surface area contributed by atoms with Crippen molar-refractivity contribution in [3.05, 3.63) is 70.1 Å². The molecule has 25 heavy (non-hydrogen) atoms. The first kappa shape index (κ1) is 16.2.